The van der Waals surface area contributed by atoms with E-state index in [0.717, 1.165) is 43.4 Å². The van der Waals surface area contributed by atoms with Gasteiger partial charge in [0.05, 0.1) is 0 Å². The van der Waals surface area contributed by atoms with E-state index in [-0.39, 0.29) is 30.4 Å². The maximum atomic E-state index is 12.5. The highest BCUT2D eigenvalue weighted by molar-refractivity contribution is 6.09. The summed E-state index contributed by atoms with van der Waals surface area (Å²) in [7, 11) is 0. The van der Waals surface area contributed by atoms with Crippen LogP contribution in [0.4, 0.5) is 4.79 Å². The van der Waals surface area contributed by atoms with Crippen LogP contribution in [-0.4, -0.2) is 46.9 Å². The number of carbonyl (C=O) groups excluding carboxylic acids is 3. The fourth-order valence-electron chi connectivity index (χ4n) is 3.82. The summed E-state index contributed by atoms with van der Waals surface area (Å²) in [5.74, 6) is -0.505. The van der Waals surface area contributed by atoms with Crippen LogP contribution in [-0.2, 0) is 9.59 Å². The van der Waals surface area contributed by atoms with Gasteiger partial charge in [0, 0.05) is 12.1 Å². The van der Waals surface area contributed by atoms with Gasteiger partial charge >= 0.3 is 6.03 Å². The van der Waals surface area contributed by atoms with Crippen molar-refractivity contribution in [3.63, 3.8) is 0 Å². The van der Waals surface area contributed by atoms with Crippen molar-refractivity contribution in [3.05, 3.63) is 0 Å². The first-order valence-electron chi connectivity index (χ1n) is 8.19. The number of rotatable bonds is 3. The molecule has 4 amide bonds. The maximum absolute atomic E-state index is 12.5. The molecule has 2 aliphatic carbocycles. The lowest BCUT2D eigenvalue weighted by Crippen LogP contribution is -2.47. The predicted octanol–water partition coefficient (Wildman–Crippen LogP) is 0.237. The first kappa shape index (κ1) is 15.3. The first-order chi connectivity index (χ1) is 10.5. The van der Waals surface area contributed by atoms with Gasteiger partial charge in [-0.25, -0.2) is 4.79 Å². The molecule has 1 heterocycles. The van der Waals surface area contributed by atoms with E-state index in [1.54, 1.807) is 0 Å². The number of hydrogen-bond donors (Lipinski definition) is 3. The zero-order valence-corrected chi connectivity index (χ0v) is 12.8. The molecule has 0 atom stereocenters. The predicted molar refractivity (Wildman–Crippen MR) is 79.8 cm³/mol. The minimum absolute atomic E-state index is 0.105. The lowest BCUT2D eigenvalue weighted by Gasteiger charge is -2.27. The highest BCUT2D eigenvalue weighted by atomic mass is 16.2. The van der Waals surface area contributed by atoms with E-state index in [0.29, 0.717) is 12.8 Å². The molecule has 22 heavy (non-hydrogen) atoms. The van der Waals surface area contributed by atoms with Crippen LogP contribution in [0.15, 0.2) is 0 Å². The number of nitrogens with two attached hydrogens (primary N) is 1. The Morgan fingerprint density at radius 2 is 1.86 bits per heavy atom. The Labute approximate surface area is 130 Å². The van der Waals surface area contributed by atoms with Gasteiger partial charge in [0.15, 0.2) is 0 Å². The standard InChI is InChI=1S/C15H24N4O3/c16-10-3-5-11(6-4-10)17-12(20)9-19-13(21)15(18-14(19)22)7-1-2-8-15/h10-11H,1-9,16H2,(H,17,20)(H,18,22). The van der Waals surface area contributed by atoms with Crippen LogP contribution in [0, 0.1) is 0 Å². The van der Waals surface area contributed by atoms with E-state index in [1.165, 1.54) is 0 Å². The summed E-state index contributed by atoms with van der Waals surface area (Å²) in [4.78, 5) is 37.7. The molecule has 3 rings (SSSR count). The summed E-state index contributed by atoms with van der Waals surface area (Å²) >= 11 is 0. The van der Waals surface area contributed by atoms with Gasteiger partial charge in [-0.3, -0.25) is 14.5 Å². The Balaban J connectivity index is 1.55. The minimum atomic E-state index is -0.741. The summed E-state index contributed by atoms with van der Waals surface area (Å²) in [6.07, 6.45) is 6.75. The molecule has 122 valence electrons. The molecule has 1 spiro atoms. The van der Waals surface area contributed by atoms with Gasteiger partial charge in [0.2, 0.25) is 5.91 Å². The molecule has 4 N–H and O–H groups in total. The molecule has 3 fully saturated rings. The van der Waals surface area contributed by atoms with Crippen LogP contribution >= 0.6 is 0 Å². The van der Waals surface area contributed by atoms with E-state index >= 15 is 0 Å². The van der Waals surface area contributed by atoms with Gasteiger partial charge in [-0.15, -0.1) is 0 Å². The molecule has 0 aromatic carbocycles. The summed E-state index contributed by atoms with van der Waals surface area (Å²) in [5.41, 5.74) is 5.10. The molecule has 1 aliphatic heterocycles. The second kappa shape index (κ2) is 5.87. The molecule has 7 heteroatoms. The van der Waals surface area contributed by atoms with E-state index < -0.39 is 11.6 Å². The van der Waals surface area contributed by atoms with Gasteiger partial charge in [-0.1, -0.05) is 12.8 Å². The number of hydrogen-bond acceptors (Lipinski definition) is 4. The van der Waals surface area contributed by atoms with Crippen molar-refractivity contribution < 1.29 is 14.4 Å². The van der Waals surface area contributed by atoms with Gasteiger partial charge in [0.25, 0.3) is 5.91 Å². The fraction of sp³-hybridized carbons (Fsp3) is 0.800. The highest BCUT2D eigenvalue weighted by Gasteiger charge is 2.52. The summed E-state index contributed by atoms with van der Waals surface area (Å²) in [6, 6.07) is -0.109. The average molecular weight is 308 g/mol. The zero-order chi connectivity index (χ0) is 15.7. The average Bonchev–Trinajstić information content (AvgIpc) is 3.03. The lowest BCUT2D eigenvalue weighted by molar-refractivity contribution is -0.135. The number of amides is 4. The van der Waals surface area contributed by atoms with Crippen LogP contribution in [0.1, 0.15) is 51.4 Å². The third kappa shape index (κ3) is 2.82. The van der Waals surface area contributed by atoms with E-state index in [9.17, 15) is 14.4 Å². The van der Waals surface area contributed by atoms with E-state index in [2.05, 4.69) is 10.6 Å². The van der Waals surface area contributed by atoms with Crippen LogP contribution in [0.2, 0.25) is 0 Å². The number of nitrogens with one attached hydrogen (secondary N) is 2. The van der Waals surface area contributed by atoms with Crippen molar-refractivity contribution >= 4 is 17.8 Å². The quantitative estimate of drug-likeness (QED) is 0.649. The van der Waals surface area contributed by atoms with Crippen molar-refractivity contribution in [1.29, 1.82) is 0 Å². The molecule has 0 bridgehead atoms. The monoisotopic (exact) mass is 308 g/mol. The molecular formula is C15H24N4O3. The Morgan fingerprint density at radius 3 is 2.50 bits per heavy atom. The summed E-state index contributed by atoms with van der Waals surface area (Å²) in [5, 5.41) is 5.70. The normalized spacial score (nSPS) is 30.7. The third-order valence-corrected chi connectivity index (χ3v) is 5.14. The minimum Gasteiger partial charge on any atom is -0.352 e. The SMILES string of the molecule is NC1CCC(NC(=O)CN2C(=O)NC3(CCCC3)C2=O)CC1. The summed E-state index contributed by atoms with van der Waals surface area (Å²) < 4.78 is 0. The van der Waals surface area contributed by atoms with Crippen LogP contribution in [0.3, 0.4) is 0 Å². The van der Waals surface area contributed by atoms with Crippen LogP contribution < -0.4 is 16.4 Å². The number of imide groups is 1. The van der Waals surface area contributed by atoms with Crippen LogP contribution in [0.5, 0.6) is 0 Å². The Morgan fingerprint density at radius 1 is 1.23 bits per heavy atom. The smallest absolute Gasteiger partial charge is 0.325 e. The van der Waals surface area contributed by atoms with Crippen molar-refractivity contribution in [2.75, 3.05) is 6.54 Å². The number of urea groups is 1. The molecule has 7 nitrogen and oxygen atoms in total. The van der Waals surface area contributed by atoms with Gasteiger partial charge in [0.1, 0.15) is 12.1 Å². The van der Waals surface area contributed by atoms with Crippen molar-refractivity contribution in [2.24, 2.45) is 5.73 Å². The highest BCUT2D eigenvalue weighted by Crippen LogP contribution is 2.34. The molecule has 0 aromatic heterocycles. The molecule has 3 aliphatic rings. The Bertz CT molecular complexity index is 479. The van der Waals surface area contributed by atoms with E-state index in [4.69, 9.17) is 5.73 Å². The third-order valence-electron chi connectivity index (χ3n) is 5.14. The van der Waals surface area contributed by atoms with Crippen LogP contribution in [0.25, 0.3) is 0 Å². The fourth-order valence-corrected chi connectivity index (χ4v) is 3.82. The Hall–Kier alpha value is -1.63. The second-order valence-electron chi connectivity index (χ2n) is 6.79. The van der Waals surface area contributed by atoms with Crippen molar-refractivity contribution in [3.8, 4) is 0 Å². The molecule has 0 unspecified atom stereocenters. The lowest BCUT2D eigenvalue weighted by atomic mass is 9.92. The summed E-state index contributed by atoms with van der Waals surface area (Å²) in [6.45, 7) is -0.186. The second-order valence-corrected chi connectivity index (χ2v) is 6.79. The molecule has 1 saturated heterocycles. The topological polar surface area (TPSA) is 105 Å². The molecule has 0 radical (unpaired) electrons. The molecule has 2 saturated carbocycles. The van der Waals surface area contributed by atoms with E-state index in [1.807, 2.05) is 0 Å². The largest absolute Gasteiger partial charge is 0.352 e. The Kier molecular flexibility index (Phi) is 4.08. The number of nitrogens with zero attached hydrogens (tertiary/aromatic N) is 1. The van der Waals surface area contributed by atoms with Gasteiger partial charge in [-0.2, -0.15) is 0 Å². The molecular weight excluding hydrogens is 284 g/mol. The van der Waals surface area contributed by atoms with Crippen molar-refractivity contribution in [1.82, 2.24) is 15.5 Å². The van der Waals surface area contributed by atoms with Crippen molar-refractivity contribution in [2.45, 2.75) is 69.0 Å². The zero-order valence-electron chi connectivity index (χ0n) is 12.8. The molecule has 0 aromatic rings. The first-order valence-corrected chi connectivity index (χ1v) is 8.19. The maximum Gasteiger partial charge on any atom is 0.325 e. The van der Waals surface area contributed by atoms with Gasteiger partial charge < -0.3 is 16.4 Å². The number of carbonyl (C=O) groups is 3. The van der Waals surface area contributed by atoms with Gasteiger partial charge in [-0.05, 0) is 38.5 Å².